The summed E-state index contributed by atoms with van der Waals surface area (Å²) in [5.41, 5.74) is 8.36. The molecule has 0 aliphatic carbocycles. The molecule has 0 aliphatic rings. The highest BCUT2D eigenvalue weighted by Crippen LogP contribution is 2.31. The molecule has 0 saturated carbocycles. The van der Waals surface area contributed by atoms with Gasteiger partial charge in [0.15, 0.2) is 0 Å². The number of nitrogens with two attached hydrogens (primary N) is 1. The van der Waals surface area contributed by atoms with Gasteiger partial charge in [0, 0.05) is 23.5 Å². The molecule has 0 atom stereocenters. The van der Waals surface area contributed by atoms with Crippen molar-refractivity contribution in [1.82, 2.24) is 9.97 Å². The monoisotopic (exact) mass is 276 g/mol. The first kappa shape index (κ1) is 12.9. The lowest BCUT2D eigenvalue weighted by Crippen LogP contribution is -1.99. The summed E-state index contributed by atoms with van der Waals surface area (Å²) in [6.07, 6.45) is 3.39. The van der Waals surface area contributed by atoms with E-state index in [1.165, 1.54) is 0 Å². The highest BCUT2D eigenvalue weighted by Gasteiger charge is 2.15. The summed E-state index contributed by atoms with van der Waals surface area (Å²) in [4.78, 5) is 8.35. The Kier molecular flexibility index (Phi) is 3.13. The molecule has 0 aromatic carbocycles. The molecule has 0 unspecified atom stereocenters. The Morgan fingerprint density at radius 2 is 2.14 bits per heavy atom. The van der Waals surface area contributed by atoms with Gasteiger partial charge < -0.3 is 10.2 Å². The molecule has 0 amide bonds. The summed E-state index contributed by atoms with van der Waals surface area (Å²) in [6.45, 7) is 1.85. The third-order valence-corrected chi connectivity index (χ3v) is 3.12. The minimum atomic E-state index is 0.183. The zero-order valence-corrected chi connectivity index (χ0v) is 11.4. The van der Waals surface area contributed by atoms with E-state index in [-0.39, 0.29) is 5.82 Å². The van der Waals surface area contributed by atoms with E-state index >= 15 is 0 Å². The van der Waals surface area contributed by atoms with Crippen LogP contribution >= 0.6 is 0 Å². The molecule has 3 heterocycles. The van der Waals surface area contributed by atoms with Crippen LogP contribution in [0.15, 0.2) is 47.1 Å². The van der Waals surface area contributed by atoms with Crippen LogP contribution in [0.5, 0.6) is 0 Å². The normalized spacial score (nSPS) is 10.3. The molecule has 3 aromatic heterocycles. The molecule has 0 fully saturated rings. The number of nitrogen functional groups attached to an aromatic ring is 1. The Labute approximate surface area is 121 Å². The lowest BCUT2D eigenvalue weighted by atomic mass is 10.0. The van der Waals surface area contributed by atoms with Crippen molar-refractivity contribution in [2.75, 3.05) is 5.73 Å². The Hall–Kier alpha value is -3.13. The molecule has 0 radical (unpaired) electrons. The van der Waals surface area contributed by atoms with Crippen LogP contribution in [0.3, 0.4) is 0 Å². The van der Waals surface area contributed by atoms with Crippen LogP contribution in [0, 0.1) is 18.3 Å². The Morgan fingerprint density at radius 3 is 2.76 bits per heavy atom. The molecule has 0 aliphatic heterocycles. The molecule has 3 aromatic rings. The SMILES string of the molecule is Cc1ccc(-c2cc(-c3cccnc3)nc(N)c2C#N)o1. The number of aromatic nitrogens is 2. The molecular formula is C16H12N4O. The van der Waals surface area contributed by atoms with E-state index in [1.54, 1.807) is 18.5 Å². The predicted octanol–water partition coefficient (Wildman–Crippen LogP) is 3.17. The lowest BCUT2D eigenvalue weighted by molar-refractivity contribution is 0.548. The number of hydrogen-bond acceptors (Lipinski definition) is 5. The Balaban J connectivity index is 2.23. The average molecular weight is 276 g/mol. The first-order valence-electron chi connectivity index (χ1n) is 6.37. The van der Waals surface area contributed by atoms with Crippen molar-refractivity contribution in [3.8, 4) is 28.7 Å². The zero-order valence-electron chi connectivity index (χ0n) is 11.4. The molecule has 5 heteroatoms. The second-order valence-electron chi connectivity index (χ2n) is 4.58. The van der Waals surface area contributed by atoms with E-state index in [0.717, 1.165) is 11.3 Å². The van der Waals surface area contributed by atoms with Gasteiger partial charge in [-0.05, 0) is 37.3 Å². The van der Waals surface area contributed by atoms with Crippen molar-refractivity contribution >= 4 is 5.82 Å². The maximum Gasteiger partial charge on any atom is 0.142 e. The first-order valence-corrected chi connectivity index (χ1v) is 6.37. The summed E-state index contributed by atoms with van der Waals surface area (Å²) in [6, 6.07) is 11.3. The topological polar surface area (TPSA) is 88.7 Å². The number of furan rings is 1. The molecule has 3 rings (SSSR count). The highest BCUT2D eigenvalue weighted by atomic mass is 16.3. The molecule has 5 nitrogen and oxygen atoms in total. The smallest absolute Gasteiger partial charge is 0.142 e. The number of pyridine rings is 2. The maximum absolute atomic E-state index is 9.30. The fourth-order valence-electron chi connectivity index (χ4n) is 2.12. The summed E-state index contributed by atoms with van der Waals surface area (Å²) in [5.74, 6) is 1.55. The largest absolute Gasteiger partial charge is 0.461 e. The molecular weight excluding hydrogens is 264 g/mol. The number of nitriles is 1. The summed E-state index contributed by atoms with van der Waals surface area (Å²) in [5, 5.41) is 9.30. The standard InChI is InChI=1S/C16H12N4O/c1-10-4-5-15(21-10)12-7-14(11-3-2-6-19-9-11)20-16(18)13(12)8-17/h2-7,9H,1H3,(H2,18,20). The maximum atomic E-state index is 9.30. The molecule has 0 saturated heterocycles. The lowest BCUT2D eigenvalue weighted by Gasteiger charge is -2.08. The summed E-state index contributed by atoms with van der Waals surface area (Å²) < 4.78 is 5.61. The quantitative estimate of drug-likeness (QED) is 0.776. The fraction of sp³-hybridized carbons (Fsp3) is 0.0625. The van der Waals surface area contributed by atoms with Crippen LogP contribution in [0.2, 0.25) is 0 Å². The Bertz CT molecular complexity index is 831. The third-order valence-electron chi connectivity index (χ3n) is 3.12. The van der Waals surface area contributed by atoms with Crippen molar-refractivity contribution in [2.45, 2.75) is 6.92 Å². The van der Waals surface area contributed by atoms with Crippen LogP contribution in [-0.4, -0.2) is 9.97 Å². The van der Waals surface area contributed by atoms with Gasteiger partial charge >= 0.3 is 0 Å². The molecule has 0 spiro atoms. The number of rotatable bonds is 2. The van der Waals surface area contributed by atoms with Gasteiger partial charge in [0.25, 0.3) is 0 Å². The number of aryl methyl sites for hydroxylation is 1. The van der Waals surface area contributed by atoms with Gasteiger partial charge in [0.1, 0.15) is 29.0 Å². The van der Waals surface area contributed by atoms with E-state index in [9.17, 15) is 5.26 Å². The van der Waals surface area contributed by atoms with Crippen molar-refractivity contribution in [3.63, 3.8) is 0 Å². The average Bonchev–Trinajstić information content (AvgIpc) is 2.94. The van der Waals surface area contributed by atoms with Gasteiger partial charge in [0.05, 0.1) is 5.69 Å². The zero-order chi connectivity index (χ0) is 14.8. The highest BCUT2D eigenvalue weighted by molar-refractivity contribution is 5.77. The minimum Gasteiger partial charge on any atom is -0.461 e. The van der Waals surface area contributed by atoms with Crippen molar-refractivity contribution in [2.24, 2.45) is 0 Å². The summed E-state index contributed by atoms with van der Waals surface area (Å²) in [7, 11) is 0. The van der Waals surface area contributed by atoms with Crippen molar-refractivity contribution in [3.05, 3.63) is 54.0 Å². The van der Waals surface area contributed by atoms with Gasteiger partial charge in [0.2, 0.25) is 0 Å². The second kappa shape index (κ2) is 5.10. The fourth-order valence-corrected chi connectivity index (χ4v) is 2.12. The Morgan fingerprint density at radius 1 is 1.29 bits per heavy atom. The van der Waals surface area contributed by atoms with E-state index in [0.29, 0.717) is 22.6 Å². The van der Waals surface area contributed by atoms with Crippen LogP contribution in [-0.2, 0) is 0 Å². The van der Waals surface area contributed by atoms with Gasteiger partial charge in [-0.15, -0.1) is 0 Å². The molecule has 102 valence electrons. The van der Waals surface area contributed by atoms with Crippen LogP contribution in [0.1, 0.15) is 11.3 Å². The first-order chi connectivity index (χ1) is 10.2. The number of anilines is 1. The van der Waals surface area contributed by atoms with Crippen LogP contribution in [0.25, 0.3) is 22.6 Å². The van der Waals surface area contributed by atoms with E-state index in [2.05, 4.69) is 16.0 Å². The van der Waals surface area contributed by atoms with Gasteiger partial charge in [-0.2, -0.15) is 5.26 Å². The van der Waals surface area contributed by atoms with Crippen LogP contribution in [0.4, 0.5) is 5.82 Å². The summed E-state index contributed by atoms with van der Waals surface area (Å²) >= 11 is 0. The predicted molar refractivity (Wildman–Crippen MR) is 79.0 cm³/mol. The molecule has 21 heavy (non-hydrogen) atoms. The molecule has 0 bridgehead atoms. The van der Waals surface area contributed by atoms with Gasteiger partial charge in [-0.25, -0.2) is 4.98 Å². The van der Waals surface area contributed by atoms with Crippen molar-refractivity contribution < 1.29 is 4.42 Å². The van der Waals surface area contributed by atoms with E-state index < -0.39 is 0 Å². The van der Waals surface area contributed by atoms with Gasteiger partial charge in [-0.3, -0.25) is 4.98 Å². The second-order valence-corrected chi connectivity index (χ2v) is 4.58. The van der Waals surface area contributed by atoms with E-state index in [1.807, 2.05) is 31.2 Å². The van der Waals surface area contributed by atoms with Crippen molar-refractivity contribution in [1.29, 1.82) is 5.26 Å². The molecule has 2 N–H and O–H groups in total. The minimum absolute atomic E-state index is 0.183. The number of hydrogen-bond donors (Lipinski definition) is 1. The number of nitrogens with zero attached hydrogens (tertiary/aromatic N) is 3. The third kappa shape index (κ3) is 2.35. The van der Waals surface area contributed by atoms with Gasteiger partial charge in [-0.1, -0.05) is 0 Å². The van der Waals surface area contributed by atoms with Crippen LogP contribution < -0.4 is 5.73 Å². The van der Waals surface area contributed by atoms with E-state index in [4.69, 9.17) is 10.2 Å².